The van der Waals surface area contributed by atoms with Gasteiger partial charge in [-0.25, -0.2) is 12.7 Å². The molecular weight excluding hydrogens is 240 g/mol. The fourth-order valence-corrected chi connectivity index (χ4v) is 3.10. The van der Waals surface area contributed by atoms with Gasteiger partial charge in [0.2, 0.25) is 10.0 Å². The number of hydrogen-bond acceptors (Lipinski definition) is 4. The van der Waals surface area contributed by atoms with Gasteiger partial charge in [0.05, 0.1) is 12.4 Å². The first-order valence-electron chi connectivity index (χ1n) is 6.28. The lowest BCUT2D eigenvalue weighted by atomic mass is 10.00. The van der Waals surface area contributed by atoms with Crippen molar-refractivity contribution in [3.8, 4) is 0 Å². The molecule has 1 aliphatic heterocycles. The summed E-state index contributed by atoms with van der Waals surface area (Å²) in [5, 5.41) is 3.30. The molecule has 1 atom stereocenters. The van der Waals surface area contributed by atoms with Gasteiger partial charge < -0.3 is 10.1 Å². The summed E-state index contributed by atoms with van der Waals surface area (Å²) >= 11 is 0. The summed E-state index contributed by atoms with van der Waals surface area (Å²) in [6.45, 7) is 5.30. The van der Waals surface area contributed by atoms with Gasteiger partial charge in [-0.1, -0.05) is 0 Å². The van der Waals surface area contributed by atoms with Crippen LogP contribution in [-0.2, 0) is 14.8 Å². The Kier molecular flexibility index (Phi) is 6.40. The third-order valence-corrected chi connectivity index (χ3v) is 4.86. The van der Waals surface area contributed by atoms with Crippen molar-refractivity contribution in [3.05, 3.63) is 0 Å². The van der Waals surface area contributed by atoms with Gasteiger partial charge in [0.15, 0.2) is 0 Å². The molecule has 1 saturated heterocycles. The topological polar surface area (TPSA) is 58.6 Å². The number of ether oxygens (including phenoxy) is 1. The first-order valence-corrected chi connectivity index (χ1v) is 7.89. The van der Waals surface area contributed by atoms with E-state index in [1.165, 1.54) is 4.31 Å². The SMILES string of the molecule is CCOCCS(=O)(=O)N(C)CC1CCCNC1. The second kappa shape index (κ2) is 7.31. The maximum atomic E-state index is 11.9. The van der Waals surface area contributed by atoms with Crippen LogP contribution in [0.1, 0.15) is 19.8 Å². The molecule has 17 heavy (non-hydrogen) atoms. The van der Waals surface area contributed by atoms with Crippen molar-refractivity contribution < 1.29 is 13.2 Å². The lowest BCUT2D eigenvalue weighted by Crippen LogP contribution is -2.40. The smallest absolute Gasteiger partial charge is 0.216 e. The molecule has 0 aliphatic carbocycles. The lowest BCUT2D eigenvalue weighted by Gasteiger charge is -2.27. The van der Waals surface area contributed by atoms with E-state index in [1.54, 1.807) is 7.05 Å². The molecule has 0 amide bonds. The summed E-state index contributed by atoms with van der Waals surface area (Å²) in [6, 6.07) is 0. The zero-order valence-corrected chi connectivity index (χ0v) is 11.6. The Balaban J connectivity index is 2.36. The molecular formula is C11H24N2O3S. The molecule has 0 aromatic carbocycles. The van der Waals surface area contributed by atoms with E-state index >= 15 is 0 Å². The van der Waals surface area contributed by atoms with Crippen LogP contribution in [0.2, 0.25) is 0 Å². The first kappa shape index (κ1) is 14.9. The fraction of sp³-hybridized carbons (Fsp3) is 1.00. The monoisotopic (exact) mass is 264 g/mol. The van der Waals surface area contributed by atoms with E-state index in [9.17, 15) is 8.42 Å². The summed E-state index contributed by atoms with van der Waals surface area (Å²) in [4.78, 5) is 0. The summed E-state index contributed by atoms with van der Waals surface area (Å²) in [6.07, 6.45) is 2.25. The van der Waals surface area contributed by atoms with E-state index in [4.69, 9.17) is 4.74 Å². The van der Waals surface area contributed by atoms with Crippen molar-refractivity contribution in [2.24, 2.45) is 5.92 Å². The summed E-state index contributed by atoms with van der Waals surface area (Å²) in [7, 11) is -1.49. The molecule has 1 rings (SSSR count). The number of rotatable bonds is 7. The molecule has 1 fully saturated rings. The Morgan fingerprint density at radius 2 is 2.24 bits per heavy atom. The highest BCUT2D eigenvalue weighted by Crippen LogP contribution is 2.13. The van der Waals surface area contributed by atoms with Crippen LogP contribution in [0, 0.1) is 5.92 Å². The summed E-state index contributed by atoms with van der Waals surface area (Å²) in [5.74, 6) is 0.521. The highest BCUT2D eigenvalue weighted by Gasteiger charge is 2.22. The highest BCUT2D eigenvalue weighted by atomic mass is 32.2. The number of piperidine rings is 1. The van der Waals surface area contributed by atoms with E-state index in [1.807, 2.05) is 6.92 Å². The van der Waals surface area contributed by atoms with Crippen molar-refractivity contribution in [1.29, 1.82) is 0 Å². The van der Waals surface area contributed by atoms with Gasteiger partial charge in [-0.3, -0.25) is 0 Å². The Morgan fingerprint density at radius 1 is 1.47 bits per heavy atom. The quantitative estimate of drug-likeness (QED) is 0.671. The minimum Gasteiger partial charge on any atom is -0.381 e. The van der Waals surface area contributed by atoms with E-state index < -0.39 is 10.0 Å². The van der Waals surface area contributed by atoms with Crippen LogP contribution < -0.4 is 5.32 Å². The van der Waals surface area contributed by atoms with Crippen LogP contribution in [0.25, 0.3) is 0 Å². The molecule has 1 aliphatic rings. The zero-order chi connectivity index (χ0) is 12.7. The van der Waals surface area contributed by atoms with E-state index in [0.29, 0.717) is 19.1 Å². The predicted molar refractivity (Wildman–Crippen MR) is 68.5 cm³/mol. The lowest BCUT2D eigenvalue weighted by molar-refractivity contribution is 0.162. The molecule has 0 bridgehead atoms. The molecule has 1 N–H and O–H groups in total. The second-order valence-electron chi connectivity index (χ2n) is 4.51. The molecule has 1 heterocycles. The second-order valence-corrected chi connectivity index (χ2v) is 6.70. The molecule has 6 heteroatoms. The van der Waals surface area contributed by atoms with E-state index in [0.717, 1.165) is 25.9 Å². The number of nitrogens with one attached hydrogen (secondary N) is 1. The standard InChI is InChI=1S/C11H24N2O3S/c1-3-16-7-8-17(14,15)13(2)10-11-5-4-6-12-9-11/h11-12H,3-10H2,1-2H3. The Labute approximate surface area is 105 Å². The zero-order valence-electron chi connectivity index (χ0n) is 10.8. The minimum atomic E-state index is -3.15. The van der Waals surface area contributed by atoms with Crippen LogP contribution in [0.4, 0.5) is 0 Å². The van der Waals surface area contributed by atoms with Crippen molar-refractivity contribution in [2.45, 2.75) is 19.8 Å². The molecule has 5 nitrogen and oxygen atoms in total. The number of nitrogens with zero attached hydrogens (tertiary/aromatic N) is 1. The van der Waals surface area contributed by atoms with E-state index in [2.05, 4.69) is 5.32 Å². The fourth-order valence-electron chi connectivity index (χ4n) is 2.02. The summed E-state index contributed by atoms with van der Waals surface area (Å²) in [5.41, 5.74) is 0. The van der Waals surface area contributed by atoms with Crippen LogP contribution in [-0.4, -0.2) is 58.4 Å². The maximum Gasteiger partial charge on any atom is 0.216 e. The van der Waals surface area contributed by atoms with Gasteiger partial charge in [0, 0.05) is 20.2 Å². The van der Waals surface area contributed by atoms with Crippen LogP contribution in [0.15, 0.2) is 0 Å². The molecule has 0 saturated carbocycles. The molecule has 1 unspecified atom stereocenters. The van der Waals surface area contributed by atoms with Gasteiger partial charge in [0.1, 0.15) is 0 Å². The van der Waals surface area contributed by atoms with Crippen molar-refractivity contribution in [1.82, 2.24) is 9.62 Å². The maximum absolute atomic E-state index is 11.9. The molecule has 0 spiro atoms. The highest BCUT2D eigenvalue weighted by molar-refractivity contribution is 7.89. The molecule has 0 aromatic rings. The van der Waals surface area contributed by atoms with Crippen molar-refractivity contribution >= 4 is 10.0 Å². The van der Waals surface area contributed by atoms with Gasteiger partial charge in [-0.15, -0.1) is 0 Å². The van der Waals surface area contributed by atoms with Crippen molar-refractivity contribution in [3.63, 3.8) is 0 Å². The Bertz CT molecular complexity index is 300. The molecule has 0 radical (unpaired) electrons. The third kappa shape index (κ3) is 5.33. The largest absolute Gasteiger partial charge is 0.381 e. The molecule has 0 aromatic heterocycles. The number of hydrogen-bond donors (Lipinski definition) is 1. The molecule has 102 valence electrons. The van der Waals surface area contributed by atoms with Crippen LogP contribution in [0.3, 0.4) is 0 Å². The minimum absolute atomic E-state index is 0.0808. The summed E-state index contributed by atoms with van der Waals surface area (Å²) < 4.78 is 30.4. The van der Waals surface area contributed by atoms with Crippen LogP contribution in [0.5, 0.6) is 0 Å². The van der Waals surface area contributed by atoms with Crippen molar-refractivity contribution in [2.75, 3.05) is 45.6 Å². The van der Waals surface area contributed by atoms with E-state index in [-0.39, 0.29) is 12.4 Å². The van der Waals surface area contributed by atoms with Gasteiger partial charge >= 0.3 is 0 Å². The Hall–Kier alpha value is -0.170. The predicted octanol–water partition coefficient (Wildman–Crippen LogP) is 0.284. The van der Waals surface area contributed by atoms with Gasteiger partial charge in [0.25, 0.3) is 0 Å². The van der Waals surface area contributed by atoms with Gasteiger partial charge in [-0.2, -0.15) is 0 Å². The average molecular weight is 264 g/mol. The first-order chi connectivity index (χ1) is 8.06. The Morgan fingerprint density at radius 3 is 2.82 bits per heavy atom. The average Bonchev–Trinajstić information content (AvgIpc) is 2.30. The normalized spacial score (nSPS) is 21.9. The third-order valence-electron chi connectivity index (χ3n) is 3.08. The number of sulfonamides is 1. The van der Waals surface area contributed by atoms with Gasteiger partial charge in [-0.05, 0) is 38.8 Å². The van der Waals surface area contributed by atoms with Crippen LogP contribution >= 0.6 is 0 Å².